The van der Waals surface area contributed by atoms with Crippen LogP contribution in [0.3, 0.4) is 0 Å². The summed E-state index contributed by atoms with van der Waals surface area (Å²) in [5.41, 5.74) is 3.32. The van der Waals surface area contributed by atoms with Crippen LogP contribution in [0.5, 0.6) is 0 Å². The van der Waals surface area contributed by atoms with E-state index in [-0.39, 0.29) is 5.92 Å². The number of sulfonamides is 1. The molecule has 3 aromatic carbocycles. The molecule has 31 heavy (non-hydrogen) atoms. The van der Waals surface area contributed by atoms with E-state index >= 15 is 0 Å². The summed E-state index contributed by atoms with van der Waals surface area (Å²) in [4.78, 5) is 5.02. The molecule has 4 nitrogen and oxygen atoms in total. The van der Waals surface area contributed by atoms with Gasteiger partial charge in [0.1, 0.15) is 0 Å². The highest BCUT2D eigenvalue weighted by Gasteiger charge is 2.59. The van der Waals surface area contributed by atoms with Crippen LogP contribution in [0.15, 0.2) is 101 Å². The zero-order valence-electron chi connectivity index (χ0n) is 17.3. The predicted octanol–water partition coefficient (Wildman–Crippen LogP) is 5.20. The van der Waals surface area contributed by atoms with Crippen molar-refractivity contribution in [2.75, 3.05) is 6.54 Å². The molecule has 1 saturated heterocycles. The molecule has 5 heteroatoms. The van der Waals surface area contributed by atoms with Gasteiger partial charge in [0.05, 0.1) is 22.0 Å². The van der Waals surface area contributed by atoms with Gasteiger partial charge in [-0.05, 0) is 36.2 Å². The second-order valence-corrected chi connectivity index (χ2v) is 10.1. The van der Waals surface area contributed by atoms with E-state index in [9.17, 15) is 8.42 Å². The van der Waals surface area contributed by atoms with Crippen LogP contribution in [-0.2, 0) is 15.4 Å². The molecule has 0 saturated carbocycles. The highest BCUT2D eigenvalue weighted by Crippen LogP contribution is 2.57. The van der Waals surface area contributed by atoms with Crippen LogP contribution >= 0.6 is 0 Å². The number of nitrogens with zero attached hydrogens (tertiary/aromatic N) is 2. The topological polar surface area (TPSA) is 49.7 Å². The maximum absolute atomic E-state index is 13.9. The van der Waals surface area contributed by atoms with Gasteiger partial charge in [-0.25, -0.2) is 8.42 Å². The van der Waals surface area contributed by atoms with Crippen LogP contribution in [0.1, 0.15) is 22.7 Å². The van der Waals surface area contributed by atoms with E-state index in [0.29, 0.717) is 11.4 Å². The Morgan fingerprint density at radius 3 is 2.39 bits per heavy atom. The maximum Gasteiger partial charge on any atom is 0.243 e. The summed E-state index contributed by atoms with van der Waals surface area (Å²) in [7, 11) is -3.74. The Bertz CT molecular complexity index is 1270. The zero-order valence-corrected chi connectivity index (χ0v) is 18.2. The molecule has 2 heterocycles. The van der Waals surface area contributed by atoms with E-state index in [1.807, 2.05) is 79.9 Å². The quantitative estimate of drug-likeness (QED) is 0.537. The molecule has 1 fully saturated rings. The summed E-state index contributed by atoms with van der Waals surface area (Å²) in [6.45, 7) is 6.38. The third-order valence-corrected chi connectivity index (χ3v) is 8.39. The summed E-state index contributed by atoms with van der Waals surface area (Å²) in [6.07, 6.45) is 3.83. The largest absolute Gasteiger partial charge is 0.260 e. The minimum Gasteiger partial charge on any atom is -0.260 e. The van der Waals surface area contributed by atoms with Gasteiger partial charge >= 0.3 is 0 Å². The summed E-state index contributed by atoms with van der Waals surface area (Å²) in [5.74, 6) is -0.106. The van der Waals surface area contributed by atoms with Crippen molar-refractivity contribution in [2.24, 2.45) is 10.9 Å². The van der Waals surface area contributed by atoms with Gasteiger partial charge in [-0.15, -0.1) is 6.58 Å². The Kier molecular flexibility index (Phi) is 4.68. The average molecular weight is 429 g/mol. The third-order valence-electron chi connectivity index (χ3n) is 6.55. The molecule has 1 unspecified atom stereocenters. The van der Waals surface area contributed by atoms with E-state index in [1.165, 1.54) is 0 Å². The van der Waals surface area contributed by atoms with E-state index in [0.717, 1.165) is 22.4 Å². The fourth-order valence-electron chi connectivity index (χ4n) is 5.03. The molecular weight excluding hydrogens is 404 g/mol. The van der Waals surface area contributed by atoms with Crippen molar-refractivity contribution < 1.29 is 8.42 Å². The molecule has 0 aromatic heterocycles. The molecule has 3 aromatic rings. The van der Waals surface area contributed by atoms with E-state index < -0.39 is 21.5 Å². The van der Waals surface area contributed by atoms with Gasteiger partial charge in [0.25, 0.3) is 0 Å². The molecule has 0 aliphatic carbocycles. The van der Waals surface area contributed by atoms with Crippen molar-refractivity contribution in [3.05, 3.63) is 108 Å². The Morgan fingerprint density at radius 1 is 1.00 bits per heavy atom. The monoisotopic (exact) mass is 428 g/mol. The van der Waals surface area contributed by atoms with Crippen molar-refractivity contribution in [3.63, 3.8) is 0 Å². The molecule has 5 rings (SSSR count). The van der Waals surface area contributed by atoms with Crippen molar-refractivity contribution in [3.8, 4) is 0 Å². The lowest BCUT2D eigenvalue weighted by Gasteiger charge is -2.36. The summed E-state index contributed by atoms with van der Waals surface area (Å²) in [6, 6.07) is 24.5. The van der Waals surface area contributed by atoms with Crippen molar-refractivity contribution in [1.82, 2.24) is 4.31 Å². The highest BCUT2D eigenvalue weighted by molar-refractivity contribution is 7.89. The second kappa shape index (κ2) is 7.29. The molecular formula is C26H24N2O2S. The van der Waals surface area contributed by atoms with Gasteiger partial charge in [0.2, 0.25) is 10.0 Å². The number of para-hydroxylation sites is 1. The Labute approximate surface area is 183 Å². The van der Waals surface area contributed by atoms with Gasteiger partial charge in [-0.1, -0.05) is 72.3 Å². The first kappa shape index (κ1) is 19.9. The predicted molar refractivity (Wildman–Crippen MR) is 124 cm³/mol. The number of aliphatic imine (C=N–C) groups is 1. The van der Waals surface area contributed by atoms with Crippen LogP contribution in [0.4, 0.5) is 5.69 Å². The summed E-state index contributed by atoms with van der Waals surface area (Å²) < 4.78 is 29.4. The highest BCUT2D eigenvalue weighted by atomic mass is 32.2. The van der Waals surface area contributed by atoms with Crippen molar-refractivity contribution >= 4 is 21.9 Å². The third kappa shape index (κ3) is 2.92. The molecule has 0 bridgehead atoms. The summed E-state index contributed by atoms with van der Waals surface area (Å²) in [5, 5.41) is 0. The van der Waals surface area contributed by atoms with Crippen LogP contribution < -0.4 is 0 Å². The fourth-order valence-corrected chi connectivity index (χ4v) is 6.71. The van der Waals surface area contributed by atoms with Crippen LogP contribution in [-0.4, -0.2) is 25.5 Å². The zero-order chi connectivity index (χ0) is 21.6. The van der Waals surface area contributed by atoms with Gasteiger partial charge < -0.3 is 0 Å². The maximum atomic E-state index is 13.9. The van der Waals surface area contributed by atoms with E-state index in [2.05, 4.69) is 12.6 Å². The van der Waals surface area contributed by atoms with Crippen molar-refractivity contribution in [1.29, 1.82) is 0 Å². The van der Waals surface area contributed by atoms with Gasteiger partial charge in [0.15, 0.2) is 0 Å². The SMILES string of the molecule is C=C[C@H]1CN(S(=O)(=O)c2ccc(C)cc2)[C@H](c2ccccc2)C12C=Nc1ccccc12. The van der Waals surface area contributed by atoms with Gasteiger partial charge in [-0.2, -0.15) is 4.31 Å². The normalized spacial score (nSPS) is 25.1. The first-order chi connectivity index (χ1) is 15.0. The Morgan fingerprint density at radius 2 is 1.68 bits per heavy atom. The number of hydrogen-bond acceptors (Lipinski definition) is 3. The number of aryl methyl sites for hydroxylation is 1. The van der Waals surface area contributed by atoms with E-state index in [4.69, 9.17) is 4.99 Å². The average Bonchev–Trinajstić information content (AvgIpc) is 3.34. The molecule has 3 atom stereocenters. The van der Waals surface area contributed by atoms with Crippen molar-refractivity contribution in [2.45, 2.75) is 23.3 Å². The van der Waals surface area contributed by atoms with Crippen LogP contribution in [0, 0.1) is 12.8 Å². The molecule has 0 amide bonds. The van der Waals surface area contributed by atoms with Gasteiger partial charge in [-0.3, -0.25) is 4.99 Å². The Balaban J connectivity index is 1.75. The minimum atomic E-state index is -3.74. The smallest absolute Gasteiger partial charge is 0.243 e. The first-order valence-electron chi connectivity index (χ1n) is 10.4. The number of hydrogen-bond donors (Lipinski definition) is 0. The molecule has 2 aliphatic rings. The van der Waals surface area contributed by atoms with Crippen LogP contribution in [0.25, 0.3) is 0 Å². The van der Waals surface area contributed by atoms with Gasteiger partial charge in [0, 0.05) is 18.7 Å². The lowest BCUT2D eigenvalue weighted by Crippen LogP contribution is -2.40. The lowest BCUT2D eigenvalue weighted by atomic mass is 9.68. The lowest BCUT2D eigenvalue weighted by molar-refractivity contribution is 0.357. The fraction of sp³-hybridized carbons (Fsp3) is 0.192. The first-order valence-corrected chi connectivity index (χ1v) is 11.8. The van der Waals surface area contributed by atoms with Crippen LogP contribution in [0.2, 0.25) is 0 Å². The van der Waals surface area contributed by atoms with E-state index in [1.54, 1.807) is 16.4 Å². The standard InChI is InChI=1S/C26H24N2O2S/c1-3-21-17-28(31(29,30)22-15-13-19(2)14-16-22)25(20-9-5-4-6-10-20)26(21)18-27-24-12-8-7-11-23(24)26/h3-16,18,21,25H,1,17H2,2H3/t21-,25+,26?/m0/s1. The molecule has 0 N–H and O–H groups in total. The molecule has 2 aliphatic heterocycles. The summed E-state index contributed by atoms with van der Waals surface area (Å²) >= 11 is 0. The molecule has 0 radical (unpaired) electrons. The molecule has 156 valence electrons. The number of rotatable bonds is 4. The Hall–Kier alpha value is -3.02. The minimum absolute atomic E-state index is 0.106. The second-order valence-electron chi connectivity index (χ2n) is 8.25. The number of benzene rings is 3. The molecule has 1 spiro atoms. The number of fused-ring (bicyclic) bond motifs is 2.